The highest BCUT2D eigenvalue weighted by Gasteiger charge is 2.03. The fourth-order valence-electron chi connectivity index (χ4n) is 1.26. The molecule has 0 saturated carbocycles. The molecular weight excluding hydrogens is 242 g/mol. The van der Waals surface area contributed by atoms with Gasteiger partial charge in [-0.3, -0.25) is 4.79 Å². The lowest BCUT2D eigenvalue weighted by Gasteiger charge is -2.07. The number of phenolic OH excluding ortho intramolecular Hbond substituents is 1. The summed E-state index contributed by atoms with van der Waals surface area (Å²) in [5, 5.41) is 18.5. The molecule has 7 nitrogen and oxygen atoms in total. The molecule has 0 aliphatic carbocycles. The smallest absolute Gasteiger partial charge is 0.294 e. The summed E-state index contributed by atoms with van der Waals surface area (Å²) in [6.45, 7) is 0.321. The largest absolute Gasteiger partial charge is 0.504 e. The van der Waals surface area contributed by atoms with E-state index in [4.69, 9.17) is 4.74 Å². The second kappa shape index (κ2) is 7.10. The van der Waals surface area contributed by atoms with Crippen LogP contribution in [0.5, 0.6) is 11.5 Å². The van der Waals surface area contributed by atoms with Crippen LogP contribution in [0.15, 0.2) is 18.2 Å². The Morgan fingerprint density at radius 3 is 2.67 bits per heavy atom. The van der Waals surface area contributed by atoms with Crippen molar-refractivity contribution in [1.82, 2.24) is 0 Å². The average Bonchev–Trinajstić information content (AvgIpc) is 2.34. The number of aromatic hydroxyl groups is 1. The summed E-state index contributed by atoms with van der Waals surface area (Å²) < 4.78 is 5.25. The maximum Gasteiger partial charge on any atom is 0.294 e. The van der Waals surface area contributed by atoms with E-state index in [9.17, 15) is 20.0 Å². The maximum atomic E-state index is 10.4. The molecule has 1 rings (SSSR count). The number of ether oxygens (including phenoxy) is 1. The fourth-order valence-corrected chi connectivity index (χ4v) is 1.26. The molecule has 0 radical (unpaired) electrons. The number of unbranched alkanes of at least 4 members (excludes halogenated alkanes) is 1. The number of phenols is 1. The highest BCUT2D eigenvalue weighted by atomic mass is 16.9. The van der Waals surface area contributed by atoms with Gasteiger partial charge in [-0.05, 0) is 31.0 Å². The maximum absolute atomic E-state index is 10.4. The summed E-state index contributed by atoms with van der Waals surface area (Å²) in [5.74, 6) is 0.164. The molecule has 0 unspecified atom stereocenters. The van der Waals surface area contributed by atoms with Crippen molar-refractivity contribution in [2.75, 3.05) is 13.2 Å². The monoisotopic (exact) mass is 255 g/mol. The van der Waals surface area contributed by atoms with Gasteiger partial charge in [0.1, 0.15) is 6.29 Å². The van der Waals surface area contributed by atoms with Crippen molar-refractivity contribution in [3.05, 3.63) is 33.9 Å². The van der Waals surface area contributed by atoms with Gasteiger partial charge in [-0.2, -0.15) is 0 Å². The molecule has 0 aliphatic heterocycles. The van der Waals surface area contributed by atoms with Gasteiger partial charge >= 0.3 is 0 Å². The van der Waals surface area contributed by atoms with E-state index >= 15 is 0 Å². The Bertz CT molecular complexity index is 420. The lowest BCUT2D eigenvalue weighted by atomic mass is 10.2. The van der Waals surface area contributed by atoms with Crippen molar-refractivity contribution in [1.29, 1.82) is 0 Å². The molecule has 18 heavy (non-hydrogen) atoms. The first-order valence-corrected chi connectivity index (χ1v) is 5.32. The summed E-state index contributed by atoms with van der Waals surface area (Å²) >= 11 is 0. The van der Waals surface area contributed by atoms with Crippen molar-refractivity contribution >= 4 is 6.29 Å². The molecule has 1 N–H and O–H groups in total. The van der Waals surface area contributed by atoms with Gasteiger partial charge in [0.05, 0.1) is 13.2 Å². The molecule has 0 fully saturated rings. The molecule has 0 heterocycles. The van der Waals surface area contributed by atoms with E-state index in [1.807, 2.05) is 0 Å². The number of aldehydes is 1. The Kier molecular flexibility index (Phi) is 5.43. The van der Waals surface area contributed by atoms with Gasteiger partial charge < -0.3 is 14.7 Å². The van der Waals surface area contributed by atoms with Crippen LogP contribution in [0.25, 0.3) is 0 Å². The van der Waals surface area contributed by atoms with Gasteiger partial charge in [-0.25, -0.2) is 0 Å². The van der Waals surface area contributed by atoms with E-state index in [-0.39, 0.29) is 18.1 Å². The molecule has 1 aromatic carbocycles. The third-order valence-corrected chi connectivity index (χ3v) is 2.11. The molecule has 0 amide bonds. The van der Waals surface area contributed by atoms with Crippen molar-refractivity contribution in [2.24, 2.45) is 0 Å². The third-order valence-electron chi connectivity index (χ3n) is 2.11. The first-order chi connectivity index (χ1) is 8.63. The molecule has 0 spiro atoms. The van der Waals surface area contributed by atoms with E-state index in [0.717, 1.165) is 0 Å². The number of nitrogens with zero attached hydrogens (tertiary/aromatic N) is 1. The van der Waals surface area contributed by atoms with Crippen LogP contribution in [0.1, 0.15) is 23.2 Å². The second-order valence-corrected chi connectivity index (χ2v) is 3.46. The summed E-state index contributed by atoms with van der Waals surface area (Å²) in [6, 6.07) is 4.32. The summed E-state index contributed by atoms with van der Waals surface area (Å²) in [7, 11) is 0. The molecule has 98 valence electrons. The SMILES string of the molecule is O=Cc1ccc(OCCCCO[N+](=O)[O-])c(O)c1. The average molecular weight is 255 g/mol. The second-order valence-electron chi connectivity index (χ2n) is 3.46. The van der Waals surface area contributed by atoms with Crippen molar-refractivity contribution in [2.45, 2.75) is 12.8 Å². The summed E-state index contributed by atoms with van der Waals surface area (Å²) in [4.78, 5) is 24.4. The molecule has 1 aromatic rings. The number of carbonyl (C=O) groups excluding carboxylic acids is 1. The zero-order valence-electron chi connectivity index (χ0n) is 9.57. The van der Waals surface area contributed by atoms with Gasteiger partial charge in [0.15, 0.2) is 11.5 Å². The Balaban J connectivity index is 2.27. The first-order valence-electron chi connectivity index (χ1n) is 5.32. The minimum Gasteiger partial charge on any atom is -0.504 e. The number of rotatable bonds is 8. The Labute approximate surface area is 103 Å². The van der Waals surface area contributed by atoms with Crippen LogP contribution in [-0.4, -0.2) is 29.7 Å². The minimum atomic E-state index is -0.842. The third kappa shape index (κ3) is 4.69. The minimum absolute atomic E-state index is 0.0203. The zero-order valence-corrected chi connectivity index (χ0v) is 9.57. The lowest BCUT2D eigenvalue weighted by Crippen LogP contribution is -2.04. The molecule has 0 aromatic heterocycles. The quantitative estimate of drug-likeness (QED) is 0.327. The van der Waals surface area contributed by atoms with Crippen LogP contribution < -0.4 is 4.74 Å². The van der Waals surface area contributed by atoms with Crippen LogP contribution in [0.4, 0.5) is 0 Å². The van der Waals surface area contributed by atoms with Crippen LogP contribution >= 0.6 is 0 Å². The van der Waals surface area contributed by atoms with Crippen molar-refractivity contribution in [3.63, 3.8) is 0 Å². The van der Waals surface area contributed by atoms with E-state index in [2.05, 4.69) is 4.84 Å². The zero-order chi connectivity index (χ0) is 13.4. The molecule has 0 bridgehead atoms. The summed E-state index contributed by atoms with van der Waals surface area (Å²) in [6.07, 6.45) is 1.66. The topological polar surface area (TPSA) is 98.9 Å². The summed E-state index contributed by atoms with van der Waals surface area (Å²) in [5.41, 5.74) is 0.360. The van der Waals surface area contributed by atoms with Gasteiger partial charge in [-0.15, -0.1) is 10.1 Å². The Morgan fingerprint density at radius 1 is 1.33 bits per heavy atom. The van der Waals surface area contributed by atoms with E-state index in [1.54, 1.807) is 0 Å². The number of hydrogen-bond acceptors (Lipinski definition) is 6. The van der Waals surface area contributed by atoms with E-state index in [0.29, 0.717) is 31.3 Å². The molecule has 0 aliphatic rings. The molecule has 0 atom stereocenters. The van der Waals surface area contributed by atoms with Crippen LogP contribution in [0.2, 0.25) is 0 Å². The first kappa shape index (κ1) is 13.8. The van der Waals surface area contributed by atoms with Crippen molar-refractivity contribution in [3.8, 4) is 11.5 Å². The Morgan fingerprint density at radius 2 is 2.06 bits per heavy atom. The highest BCUT2D eigenvalue weighted by Crippen LogP contribution is 2.26. The standard InChI is InChI=1S/C11H13NO6/c13-8-9-3-4-11(10(14)7-9)17-5-1-2-6-18-12(15)16/h3-4,7-8,14H,1-2,5-6H2. The van der Waals surface area contributed by atoms with Gasteiger partial charge in [0, 0.05) is 5.56 Å². The molecule has 0 saturated heterocycles. The predicted octanol–water partition coefficient (Wildman–Crippen LogP) is 1.57. The van der Waals surface area contributed by atoms with Gasteiger partial charge in [0.2, 0.25) is 0 Å². The number of hydrogen-bond donors (Lipinski definition) is 1. The van der Waals surface area contributed by atoms with E-state index in [1.165, 1.54) is 18.2 Å². The molecular formula is C11H13NO6. The van der Waals surface area contributed by atoms with E-state index < -0.39 is 5.09 Å². The predicted molar refractivity (Wildman–Crippen MR) is 61.2 cm³/mol. The van der Waals surface area contributed by atoms with Crippen LogP contribution in [-0.2, 0) is 4.84 Å². The highest BCUT2D eigenvalue weighted by molar-refractivity contribution is 5.76. The normalized spacial score (nSPS) is 9.78. The number of benzene rings is 1. The fraction of sp³-hybridized carbons (Fsp3) is 0.364. The molecule has 7 heteroatoms. The van der Waals surface area contributed by atoms with Crippen molar-refractivity contribution < 1.29 is 24.6 Å². The number of carbonyl (C=O) groups is 1. The van der Waals surface area contributed by atoms with Gasteiger partial charge in [0.25, 0.3) is 5.09 Å². The van der Waals surface area contributed by atoms with Crippen LogP contribution in [0.3, 0.4) is 0 Å². The van der Waals surface area contributed by atoms with Gasteiger partial charge in [-0.1, -0.05) is 0 Å². The van der Waals surface area contributed by atoms with Crippen LogP contribution in [0, 0.1) is 10.1 Å². The Hall–Kier alpha value is -2.31. The lowest BCUT2D eigenvalue weighted by molar-refractivity contribution is -0.757.